The van der Waals surface area contributed by atoms with E-state index in [2.05, 4.69) is 13.8 Å². The molecule has 2 nitrogen and oxygen atoms in total. The van der Waals surface area contributed by atoms with Crippen molar-refractivity contribution in [2.45, 2.75) is 26.7 Å². The first-order valence-electron chi connectivity index (χ1n) is 3.86. The molecule has 0 aromatic carbocycles. The topological polar surface area (TPSA) is 18.5 Å². The van der Waals surface area contributed by atoms with Gasteiger partial charge in [-0.15, -0.1) is 0 Å². The molecule has 0 N–H and O–H groups in total. The molecule has 0 aromatic rings. The van der Waals surface area contributed by atoms with Crippen LogP contribution in [-0.2, 0) is 9.47 Å². The molecule has 0 aliphatic carbocycles. The van der Waals surface area contributed by atoms with Gasteiger partial charge in [-0.05, 0) is 12.8 Å². The van der Waals surface area contributed by atoms with Crippen molar-refractivity contribution in [2.24, 2.45) is 0 Å². The molecule has 1 aliphatic heterocycles. The molecule has 0 saturated carbocycles. The van der Waals surface area contributed by atoms with Crippen LogP contribution in [0.4, 0.5) is 0 Å². The Balaban J connectivity index is 2.59. The summed E-state index contributed by atoms with van der Waals surface area (Å²) in [6.07, 6.45) is 2.07. The SMILES string of the molecule is CCC(CC)=C1OCCO1. The van der Waals surface area contributed by atoms with Gasteiger partial charge in [0.1, 0.15) is 13.2 Å². The summed E-state index contributed by atoms with van der Waals surface area (Å²) in [4.78, 5) is 0. The van der Waals surface area contributed by atoms with E-state index in [0.717, 1.165) is 32.0 Å². The van der Waals surface area contributed by atoms with Crippen molar-refractivity contribution in [2.75, 3.05) is 13.2 Å². The van der Waals surface area contributed by atoms with E-state index in [1.165, 1.54) is 5.57 Å². The van der Waals surface area contributed by atoms with Gasteiger partial charge in [-0.3, -0.25) is 0 Å². The maximum atomic E-state index is 5.25. The minimum Gasteiger partial charge on any atom is -0.462 e. The molecule has 1 heterocycles. The Kier molecular flexibility index (Phi) is 2.60. The fraction of sp³-hybridized carbons (Fsp3) is 0.750. The van der Waals surface area contributed by atoms with E-state index in [9.17, 15) is 0 Å². The van der Waals surface area contributed by atoms with Crippen molar-refractivity contribution >= 4 is 0 Å². The van der Waals surface area contributed by atoms with Crippen LogP contribution < -0.4 is 0 Å². The second-order valence-electron chi connectivity index (χ2n) is 2.30. The summed E-state index contributed by atoms with van der Waals surface area (Å²) < 4.78 is 10.5. The van der Waals surface area contributed by atoms with Gasteiger partial charge in [0.25, 0.3) is 5.95 Å². The molecule has 2 heteroatoms. The Morgan fingerprint density at radius 3 is 2.10 bits per heavy atom. The van der Waals surface area contributed by atoms with E-state index in [4.69, 9.17) is 9.47 Å². The summed E-state index contributed by atoms with van der Waals surface area (Å²) in [5, 5.41) is 0. The third-order valence-electron chi connectivity index (χ3n) is 1.69. The Morgan fingerprint density at radius 2 is 1.70 bits per heavy atom. The van der Waals surface area contributed by atoms with Crippen LogP contribution in [0.1, 0.15) is 26.7 Å². The largest absolute Gasteiger partial charge is 0.462 e. The summed E-state index contributed by atoms with van der Waals surface area (Å²) in [6.45, 7) is 5.69. The van der Waals surface area contributed by atoms with E-state index in [0.29, 0.717) is 0 Å². The molecule has 1 saturated heterocycles. The van der Waals surface area contributed by atoms with Gasteiger partial charge in [0.05, 0.1) is 0 Å². The van der Waals surface area contributed by atoms with Crippen molar-refractivity contribution in [1.82, 2.24) is 0 Å². The Morgan fingerprint density at radius 1 is 1.20 bits per heavy atom. The molecule has 0 bridgehead atoms. The highest BCUT2D eigenvalue weighted by Gasteiger charge is 2.12. The molecular formula is C8H14O2. The molecule has 0 radical (unpaired) electrons. The lowest BCUT2D eigenvalue weighted by Gasteiger charge is -2.03. The van der Waals surface area contributed by atoms with Crippen molar-refractivity contribution in [3.8, 4) is 0 Å². The van der Waals surface area contributed by atoms with E-state index in [-0.39, 0.29) is 0 Å². The minimum absolute atomic E-state index is 0.721. The fourth-order valence-electron chi connectivity index (χ4n) is 1.05. The van der Waals surface area contributed by atoms with Gasteiger partial charge in [0.15, 0.2) is 0 Å². The predicted molar refractivity (Wildman–Crippen MR) is 39.5 cm³/mol. The minimum atomic E-state index is 0.721. The number of rotatable bonds is 2. The maximum absolute atomic E-state index is 5.25. The second-order valence-corrected chi connectivity index (χ2v) is 2.30. The van der Waals surface area contributed by atoms with E-state index >= 15 is 0 Å². The summed E-state index contributed by atoms with van der Waals surface area (Å²) in [5.74, 6) is 0.782. The zero-order valence-corrected chi connectivity index (χ0v) is 6.64. The van der Waals surface area contributed by atoms with E-state index in [1.807, 2.05) is 0 Å². The van der Waals surface area contributed by atoms with Gasteiger partial charge in [-0.2, -0.15) is 0 Å². The zero-order valence-electron chi connectivity index (χ0n) is 6.64. The van der Waals surface area contributed by atoms with Crippen LogP contribution in [0, 0.1) is 0 Å². The molecule has 58 valence electrons. The van der Waals surface area contributed by atoms with Gasteiger partial charge in [-0.25, -0.2) is 0 Å². The molecule has 1 rings (SSSR count). The lowest BCUT2D eigenvalue weighted by molar-refractivity contribution is 0.168. The summed E-state index contributed by atoms with van der Waals surface area (Å²) >= 11 is 0. The van der Waals surface area contributed by atoms with Gasteiger partial charge in [-0.1, -0.05) is 13.8 Å². The van der Waals surface area contributed by atoms with Gasteiger partial charge < -0.3 is 9.47 Å². The first-order chi connectivity index (χ1) is 4.88. The molecule has 0 unspecified atom stereocenters. The van der Waals surface area contributed by atoms with Crippen LogP contribution in [-0.4, -0.2) is 13.2 Å². The van der Waals surface area contributed by atoms with Crippen molar-refractivity contribution in [3.05, 3.63) is 11.5 Å². The normalized spacial score (nSPS) is 16.4. The third kappa shape index (κ3) is 1.43. The monoisotopic (exact) mass is 142 g/mol. The first kappa shape index (κ1) is 7.45. The van der Waals surface area contributed by atoms with Crippen molar-refractivity contribution in [1.29, 1.82) is 0 Å². The lowest BCUT2D eigenvalue weighted by atomic mass is 10.2. The van der Waals surface area contributed by atoms with Crippen LogP contribution in [0.2, 0.25) is 0 Å². The highest BCUT2D eigenvalue weighted by molar-refractivity contribution is 5.03. The molecule has 0 amide bonds. The van der Waals surface area contributed by atoms with Crippen molar-refractivity contribution in [3.63, 3.8) is 0 Å². The smallest absolute Gasteiger partial charge is 0.278 e. The molecule has 0 aromatic heterocycles. The Hall–Kier alpha value is -0.660. The molecule has 0 atom stereocenters. The molecule has 10 heavy (non-hydrogen) atoms. The number of allylic oxidation sites excluding steroid dienone is 1. The predicted octanol–water partition coefficient (Wildman–Crippen LogP) is 2.06. The molecule has 0 spiro atoms. The van der Waals surface area contributed by atoms with Crippen LogP contribution in [0.5, 0.6) is 0 Å². The Labute approximate surface area is 61.8 Å². The average Bonchev–Trinajstić information content (AvgIpc) is 2.43. The molecular weight excluding hydrogens is 128 g/mol. The van der Waals surface area contributed by atoms with Crippen LogP contribution >= 0.6 is 0 Å². The molecule has 1 aliphatic rings. The number of hydrogen-bond acceptors (Lipinski definition) is 2. The van der Waals surface area contributed by atoms with Gasteiger partial charge in [0.2, 0.25) is 0 Å². The lowest BCUT2D eigenvalue weighted by Crippen LogP contribution is -1.89. The maximum Gasteiger partial charge on any atom is 0.278 e. The average molecular weight is 142 g/mol. The third-order valence-corrected chi connectivity index (χ3v) is 1.69. The van der Waals surface area contributed by atoms with Crippen molar-refractivity contribution < 1.29 is 9.47 Å². The molecule has 1 fully saturated rings. The van der Waals surface area contributed by atoms with E-state index in [1.54, 1.807) is 0 Å². The second kappa shape index (κ2) is 3.49. The van der Waals surface area contributed by atoms with Gasteiger partial charge in [0, 0.05) is 5.57 Å². The van der Waals surface area contributed by atoms with Gasteiger partial charge >= 0.3 is 0 Å². The fourth-order valence-corrected chi connectivity index (χ4v) is 1.05. The van der Waals surface area contributed by atoms with Crippen LogP contribution in [0.3, 0.4) is 0 Å². The summed E-state index contributed by atoms with van der Waals surface area (Å²) in [5.41, 5.74) is 1.29. The summed E-state index contributed by atoms with van der Waals surface area (Å²) in [6, 6.07) is 0. The number of ether oxygens (including phenoxy) is 2. The van der Waals surface area contributed by atoms with E-state index < -0.39 is 0 Å². The number of hydrogen-bond donors (Lipinski definition) is 0. The van der Waals surface area contributed by atoms with Crippen LogP contribution in [0.25, 0.3) is 0 Å². The highest BCUT2D eigenvalue weighted by Crippen LogP contribution is 2.18. The quantitative estimate of drug-likeness (QED) is 0.587. The van der Waals surface area contributed by atoms with Crippen LogP contribution in [0.15, 0.2) is 11.5 Å². The first-order valence-corrected chi connectivity index (χ1v) is 3.86. The Bertz CT molecular complexity index is 124. The standard InChI is InChI=1S/C8H14O2/c1-3-7(4-2)8-9-5-6-10-8/h3-6H2,1-2H3. The zero-order chi connectivity index (χ0) is 7.40. The highest BCUT2D eigenvalue weighted by atomic mass is 16.7. The summed E-state index contributed by atoms with van der Waals surface area (Å²) in [7, 11) is 0.